The molecule has 39 nitrogen and oxygen atoms in total. The number of amides is 11. The molecular formula is C107H143N15O24P2S2. The molecule has 0 radical (unpaired) electrons. The van der Waals surface area contributed by atoms with Crippen LogP contribution in [0.5, 0.6) is 0 Å². The van der Waals surface area contributed by atoms with Gasteiger partial charge in [0.05, 0.1) is 30.6 Å². The second kappa shape index (κ2) is 73.4. The second-order valence-corrected chi connectivity index (χ2v) is 40.4. The number of hydrogen-bond donors (Lipinski definition) is 17. The number of nitrogens with two attached hydrogens (primary N) is 1. The summed E-state index contributed by atoms with van der Waals surface area (Å²) < 4.78 is 10.8. The van der Waals surface area contributed by atoms with Crippen molar-refractivity contribution in [1.29, 1.82) is 16.2 Å². The Kier molecular flexibility index (Phi) is 62.9. The van der Waals surface area contributed by atoms with Gasteiger partial charge in [0.2, 0.25) is 65.0 Å². The van der Waals surface area contributed by atoms with Gasteiger partial charge in [0.15, 0.2) is 17.3 Å². The molecule has 0 unspecified atom stereocenters. The Morgan fingerprint density at radius 2 is 0.733 bits per heavy atom. The number of benzene rings is 5. The van der Waals surface area contributed by atoms with E-state index in [0.29, 0.717) is 105 Å². The first kappa shape index (κ1) is 129. The van der Waals surface area contributed by atoms with Crippen LogP contribution in [0.1, 0.15) is 255 Å². The van der Waals surface area contributed by atoms with Crippen LogP contribution in [0.2, 0.25) is 0 Å². The van der Waals surface area contributed by atoms with Gasteiger partial charge in [0.1, 0.15) is 73.1 Å². The van der Waals surface area contributed by atoms with E-state index in [4.69, 9.17) is 36.5 Å². The van der Waals surface area contributed by atoms with Crippen molar-refractivity contribution >= 4 is 173 Å². The summed E-state index contributed by atoms with van der Waals surface area (Å²) in [5.41, 5.74) is 11.3. The van der Waals surface area contributed by atoms with Crippen LogP contribution in [0, 0.1) is 16.2 Å². The molecule has 43 heteroatoms. The Bertz CT molecular complexity index is 5360. The maximum Gasteiger partial charge on any atom is 0.306 e. The molecule has 12 atom stereocenters. The smallest absolute Gasteiger partial charge is 0.306 e. The molecule has 2 aliphatic heterocycles. The topological polar surface area (TPSA) is 630 Å². The lowest BCUT2D eigenvalue weighted by Gasteiger charge is -2.26. The number of unbranched alkanes of at least 4 members (excludes halogenated alkanes) is 3. The van der Waals surface area contributed by atoms with Gasteiger partial charge in [-0.3, -0.25) is 95.9 Å². The molecule has 150 heavy (non-hydrogen) atoms. The number of esters is 2. The van der Waals surface area contributed by atoms with E-state index in [-0.39, 0.29) is 147 Å². The fourth-order valence-electron chi connectivity index (χ4n) is 15.4. The van der Waals surface area contributed by atoms with Crippen LogP contribution in [-0.2, 0) is 161 Å². The quantitative estimate of drug-likeness (QED) is 0.00566. The molecular weight excluding hydrogens is 2010 g/mol. The normalized spacial score (nSPS) is 18.1. The number of ether oxygens (including phenoxy) is 2. The third-order valence-corrected chi connectivity index (χ3v) is 26.6. The van der Waals surface area contributed by atoms with E-state index >= 15 is 0 Å². The number of aliphatic carboxylic acids is 2. The number of hydrogen-bond acceptors (Lipinski definition) is 28. The molecule has 0 saturated carbocycles. The first-order valence-corrected chi connectivity index (χ1v) is 54.7. The van der Waals surface area contributed by atoms with Gasteiger partial charge in [-0.2, -0.15) is 0 Å². The molecule has 18 N–H and O–H groups in total. The van der Waals surface area contributed by atoms with E-state index in [1.807, 2.05) is 45.0 Å². The first-order valence-electron chi connectivity index (χ1n) is 50.2. The lowest BCUT2D eigenvalue weighted by molar-refractivity contribution is -0.146. The highest BCUT2D eigenvalue weighted by molar-refractivity contribution is 8.40. The summed E-state index contributed by atoms with van der Waals surface area (Å²) in [6.45, 7) is 11.8. The summed E-state index contributed by atoms with van der Waals surface area (Å²) in [6.07, 6.45) is 4.91. The molecule has 11 amide bonds. The third-order valence-electron chi connectivity index (χ3n) is 24.0. The molecule has 0 aromatic heterocycles. The summed E-state index contributed by atoms with van der Waals surface area (Å²) >= 11 is 8.82. The first-order chi connectivity index (χ1) is 71.7. The second-order valence-electron chi connectivity index (χ2n) is 36.2. The Hall–Kier alpha value is -13.8. The van der Waals surface area contributed by atoms with E-state index in [2.05, 4.69) is 88.7 Å². The lowest BCUT2D eigenvalue weighted by Crippen LogP contribution is -2.58. The number of carbonyl (C=O) groups is 20. The van der Waals surface area contributed by atoms with Crippen LogP contribution in [-0.4, -0.2) is 218 Å². The molecule has 7 rings (SSSR count). The van der Waals surface area contributed by atoms with E-state index in [1.54, 1.807) is 127 Å². The number of Topliss-reactive ketones (excluding diaryl/α,β-unsaturated/α-hetero) is 5. The van der Waals surface area contributed by atoms with Gasteiger partial charge >= 0.3 is 23.9 Å². The van der Waals surface area contributed by atoms with Gasteiger partial charge in [0, 0.05) is 115 Å². The maximum atomic E-state index is 13.9. The van der Waals surface area contributed by atoms with Crippen LogP contribution in [0.3, 0.4) is 0 Å². The number of rotatable bonds is 54. The van der Waals surface area contributed by atoms with Crippen molar-refractivity contribution in [2.75, 3.05) is 0 Å². The van der Waals surface area contributed by atoms with Crippen LogP contribution in [0.25, 0.3) is 0 Å². The number of carboxylic acid groups (broad SMARTS) is 2. The van der Waals surface area contributed by atoms with E-state index < -0.39 is 192 Å². The van der Waals surface area contributed by atoms with Crippen LogP contribution in [0.15, 0.2) is 164 Å². The number of nitrogens with one attached hydrogen (secondary N) is 14. The van der Waals surface area contributed by atoms with Crippen molar-refractivity contribution in [2.45, 2.75) is 332 Å². The minimum absolute atomic E-state index is 0.000295. The molecule has 5 aromatic carbocycles. The van der Waals surface area contributed by atoms with Gasteiger partial charge in [-0.05, 0) is 168 Å². The van der Waals surface area contributed by atoms with Crippen molar-refractivity contribution < 1.29 is 116 Å². The number of ketones is 5. The summed E-state index contributed by atoms with van der Waals surface area (Å²) in [6, 6.07) is 30.3. The average molecular weight is 2150 g/mol. The summed E-state index contributed by atoms with van der Waals surface area (Å²) in [4.78, 5) is 259. The van der Waals surface area contributed by atoms with Crippen molar-refractivity contribution in [2.24, 2.45) is 5.73 Å². The summed E-state index contributed by atoms with van der Waals surface area (Å²) in [5, 5.41) is 70.9. The molecule has 0 bridgehead atoms. The summed E-state index contributed by atoms with van der Waals surface area (Å²) in [5.74, 6) is -13.7. The maximum absolute atomic E-state index is 13.9. The minimum Gasteiger partial charge on any atom is -0.481 e. The Labute approximate surface area is 887 Å². The number of carbonyl (C=O) groups excluding carboxylic acids is 18. The minimum atomic E-state index is -1.34. The molecule has 812 valence electrons. The number of carboxylic acids is 2. The van der Waals surface area contributed by atoms with Gasteiger partial charge in [0.25, 0.3) is 0 Å². The molecule has 2 heterocycles. The van der Waals surface area contributed by atoms with Gasteiger partial charge in [-0.25, -0.2) is 0 Å². The highest BCUT2D eigenvalue weighted by Crippen LogP contribution is 2.20. The predicted octanol–water partition coefficient (Wildman–Crippen LogP) is 9.64. The Morgan fingerprint density at radius 3 is 1.12 bits per heavy atom. The van der Waals surface area contributed by atoms with Gasteiger partial charge < -0.3 is 100 Å². The molecule has 5 aromatic rings. The SMILES string of the molecule is C=CC[C@H](N)C(=O)N[C@H](Cc1ccccc1)C(=O)N[C@@H](CCC(=O)OCc1ccccc1)C(=O)N[C@@H](CCCCC(=N)CC)C(=O)CCC(=O)O.CCC(=N)CCCC[C@@H]1NC(=O)[C@H](CCC(=O)O)NC(=O)[C@@H](Cc2ccccc2)NC(=O)[C@H](CC(C)=O)NC(=O)CCC1=O.CCC(=N)CCCC[C@@H]1NC(=O)[C@H](CCC(=O)OCc2ccccc2)NC(=O)[C@@H](Cc2ccccc2)NC(=O)[C@H](CC(C)=O)NC(=O)CCC1=O.S=PP=S. The summed E-state index contributed by atoms with van der Waals surface area (Å²) in [7, 11) is 1.74. The largest absolute Gasteiger partial charge is 0.481 e. The van der Waals surface area contributed by atoms with Crippen molar-refractivity contribution in [3.05, 3.63) is 192 Å². The zero-order valence-corrected chi connectivity index (χ0v) is 89.0. The van der Waals surface area contributed by atoms with Crippen molar-refractivity contribution in [1.82, 2.24) is 58.5 Å². The van der Waals surface area contributed by atoms with E-state index in [0.717, 1.165) is 30.8 Å². The van der Waals surface area contributed by atoms with Crippen LogP contribution >= 0.6 is 14.1 Å². The molecule has 2 aliphatic rings. The average Bonchev–Trinajstić information content (AvgIpc) is 1.15. The standard InChI is InChI=1S/C38H49N5O8.C38H51N5O8.C31H43N5O8.P2S2/c1-3-28(39)16-10-11-17-29-33(45)19-20-34(46)40-31(22-25(2)44)37(49)43-32(23-26-12-6-4-7-13-26)38(50)42-30(36(48)41-29)18-21-35(47)51-24-27-14-8-5-9-15-27;1-3-13-29(40)36(48)43-32(24-26-14-7-5-8-15-26)38(50)42-31(20-23-35(47)51-25-27-16-9-6-10-17-27)37(49)41-30(33(44)21-22-34(45)46)19-12-11-18-28(39)4-2;1-3-21(32)11-7-8-12-22-26(38)14-15-27(39)33-24(17-19(2)37)30(43)36-25(18-20-9-5-4-6-10-20)31(44)35-23(29(42)34-22)13-16-28(40)41;3-1-2-4/h4-9,12-15,29-32,39H,3,10-11,16-24H2,1-2H3,(H,40,46)(H,41,48)(H,42,50)(H,43,49);3,5-10,14-17,29-32,39H,1,4,11-13,18-25,40H2,2H3,(H,41,49)(H,42,50)(H,43,48)(H,45,46);4-6,9-10,22-25,32H,3,7-8,11-18H2,1-2H3,(H,33,39)(H,34,42)(H,35,44)(H,36,43)(H,40,41);/t2*29-,30-,31-,32+;22-,23-,24-,25+;/m000./s1. The highest BCUT2D eigenvalue weighted by Gasteiger charge is 2.38. The fourth-order valence-corrected chi connectivity index (χ4v) is 15.4. The van der Waals surface area contributed by atoms with Gasteiger partial charge in [-0.1, -0.05) is 198 Å². The third kappa shape index (κ3) is 54.4. The molecule has 0 aliphatic carbocycles. The zero-order chi connectivity index (χ0) is 111. The monoisotopic (exact) mass is 2150 g/mol. The zero-order valence-electron chi connectivity index (χ0n) is 85.6. The van der Waals surface area contributed by atoms with E-state index in [1.165, 1.54) is 19.9 Å². The van der Waals surface area contributed by atoms with Crippen molar-refractivity contribution in [3.8, 4) is 0 Å². The van der Waals surface area contributed by atoms with Crippen molar-refractivity contribution in [3.63, 3.8) is 0 Å². The predicted molar refractivity (Wildman–Crippen MR) is 571 cm³/mol. The fraction of sp³-hybridized carbons (Fsp3) is 0.486. The molecule has 2 fully saturated rings. The van der Waals surface area contributed by atoms with Crippen LogP contribution in [0.4, 0.5) is 0 Å². The lowest BCUT2D eigenvalue weighted by atomic mass is 9.98. The highest BCUT2D eigenvalue weighted by atomic mass is 32.7. The molecule has 0 spiro atoms. The Balaban J connectivity index is 0.000000461. The molecule has 2 saturated heterocycles. The van der Waals surface area contributed by atoms with Gasteiger partial charge in [-0.15, -0.1) is 6.58 Å². The van der Waals surface area contributed by atoms with Crippen LogP contribution < -0.4 is 64.2 Å². The Morgan fingerprint density at radius 1 is 0.393 bits per heavy atom. The van der Waals surface area contributed by atoms with E-state index in [9.17, 15) is 101 Å².